The van der Waals surface area contributed by atoms with E-state index in [4.69, 9.17) is 0 Å². The van der Waals surface area contributed by atoms with Crippen LogP contribution >= 0.6 is 0 Å². The third-order valence-electron chi connectivity index (χ3n) is 5.04. The van der Waals surface area contributed by atoms with E-state index in [1.165, 1.54) is 17.0 Å². The number of fused-ring (bicyclic) bond motifs is 1. The van der Waals surface area contributed by atoms with Gasteiger partial charge in [-0.05, 0) is 36.2 Å². The summed E-state index contributed by atoms with van der Waals surface area (Å²) in [7, 11) is 1.73. The maximum absolute atomic E-state index is 12.9. The first-order valence-corrected chi connectivity index (χ1v) is 9.15. The van der Waals surface area contributed by atoms with Gasteiger partial charge in [-0.1, -0.05) is 36.9 Å². The minimum absolute atomic E-state index is 0.137. The minimum Gasteiger partial charge on any atom is -0.406 e. The number of halogens is 3. The molecular weight excluding hydrogens is 395 g/mol. The van der Waals surface area contributed by atoms with Gasteiger partial charge >= 0.3 is 6.36 Å². The van der Waals surface area contributed by atoms with Crippen molar-refractivity contribution in [3.05, 3.63) is 71.3 Å². The third kappa shape index (κ3) is 3.45. The number of anilines is 1. The van der Waals surface area contributed by atoms with E-state index in [0.29, 0.717) is 16.9 Å². The van der Waals surface area contributed by atoms with Gasteiger partial charge in [0.2, 0.25) is 0 Å². The number of nitrogens with zero attached hydrogens (tertiary/aromatic N) is 3. The van der Waals surface area contributed by atoms with Crippen molar-refractivity contribution in [3.8, 4) is 17.0 Å². The number of hydrogen-bond donors (Lipinski definition) is 0. The van der Waals surface area contributed by atoms with E-state index in [1.54, 1.807) is 17.8 Å². The Morgan fingerprint density at radius 2 is 1.87 bits per heavy atom. The highest BCUT2D eigenvalue weighted by atomic mass is 19.4. The summed E-state index contributed by atoms with van der Waals surface area (Å²) in [5.41, 5.74) is 4.23. The summed E-state index contributed by atoms with van der Waals surface area (Å²) >= 11 is 0. The molecule has 0 atom stereocenters. The van der Waals surface area contributed by atoms with E-state index >= 15 is 0 Å². The van der Waals surface area contributed by atoms with Gasteiger partial charge in [-0.2, -0.15) is 5.10 Å². The van der Waals surface area contributed by atoms with E-state index in [2.05, 4.69) is 16.4 Å². The highest BCUT2D eigenvalue weighted by Gasteiger charge is 2.35. The second kappa shape index (κ2) is 7.05. The average Bonchev–Trinajstić information content (AvgIpc) is 3.16. The van der Waals surface area contributed by atoms with Crippen LogP contribution in [0.1, 0.15) is 27.0 Å². The third-order valence-corrected chi connectivity index (χ3v) is 5.04. The summed E-state index contributed by atoms with van der Waals surface area (Å²) in [4.78, 5) is 14.5. The number of amides is 1. The van der Waals surface area contributed by atoms with E-state index in [0.717, 1.165) is 28.5 Å². The molecule has 5 nitrogen and oxygen atoms in total. The first-order valence-electron chi connectivity index (χ1n) is 9.15. The van der Waals surface area contributed by atoms with Crippen molar-refractivity contribution in [1.29, 1.82) is 0 Å². The van der Waals surface area contributed by atoms with Gasteiger partial charge in [0.1, 0.15) is 11.6 Å². The van der Waals surface area contributed by atoms with Gasteiger partial charge in [0, 0.05) is 23.7 Å². The van der Waals surface area contributed by atoms with Crippen LogP contribution in [0.3, 0.4) is 0 Å². The van der Waals surface area contributed by atoms with Gasteiger partial charge < -0.3 is 4.74 Å². The highest BCUT2D eigenvalue weighted by Crippen LogP contribution is 2.36. The molecule has 0 spiro atoms. The maximum atomic E-state index is 12.9. The number of rotatable bonds is 4. The molecule has 3 aromatic rings. The number of benzene rings is 2. The molecule has 0 aliphatic carbocycles. The Hall–Kier alpha value is -3.55. The number of aromatic nitrogens is 2. The zero-order valence-corrected chi connectivity index (χ0v) is 16.3. The molecule has 2 heterocycles. The monoisotopic (exact) mass is 413 g/mol. The van der Waals surface area contributed by atoms with E-state index < -0.39 is 6.36 Å². The highest BCUT2D eigenvalue weighted by molar-refractivity contribution is 6.10. The Balaban J connectivity index is 1.68. The van der Waals surface area contributed by atoms with Crippen molar-refractivity contribution < 1.29 is 22.7 Å². The zero-order valence-electron chi connectivity index (χ0n) is 16.3. The topological polar surface area (TPSA) is 47.4 Å². The summed E-state index contributed by atoms with van der Waals surface area (Å²) in [6.45, 7) is 5.75. The lowest BCUT2D eigenvalue weighted by molar-refractivity contribution is -0.274. The fraction of sp³-hybridized carbons (Fsp3) is 0.182. The van der Waals surface area contributed by atoms with Crippen LogP contribution in [-0.4, -0.2) is 22.1 Å². The molecular formula is C22H18F3N3O2. The van der Waals surface area contributed by atoms with Crippen molar-refractivity contribution in [3.63, 3.8) is 0 Å². The smallest absolute Gasteiger partial charge is 0.406 e. The molecule has 0 unspecified atom stereocenters. The number of aryl methyl sites for hydroxylation is 1. The minimum atomic E-state index is -4.79. The second-order valence-corrected chi connectivity index (χ2v) is 7.01. The van der Waals surface area contributed by atoms with Crippen LogP contribution in [0.4, 0.5) is 19.0 Å². The molecule has 30 heavy (non-hydrogen) atoms. The summed E-state index contributed by atoms with van der Waals surface area (Å²) in [6, 6.07) is 11.5. The lowest BCUT2D eigenvalue weighted by Crippen LogP contribution is -2.26. The number of carbonyl (C=O) groups excluding carboxylic acids is 1. The molecule has 0 saturated carbocycles. The Bertz CT molecular complexity index is 1150. The van der Waals surface area contributed by atoms with E-state index in [-0.39, 0.29) is 18.2 Å². The van der Waals surface area contributed by atoms with Crippen molar-refractivity contribution in [2.24, 2.45) is 7.05 Å². The molecule has 0 radical (unpaired) electrons. The Morgan fingerprint density at radius 1 is 1.17 bits per heavy atom. The summed E-state index contributed by atoms with van der Waals surface area (Å²) < 4.78 is 43.1. The molecule has 0 bridgehead atoms. The molecule has 2 aromatic carbocycles. The number of carbonyl (C=O) groups is 1. The van der Waals surface area contributed by atoms with Crippen LogP contribution in [0.2, 0.25) is 0 Å². The number of ether oxygens (including phenoxy) is 1. The summed E-state index contributed by atoms with van der Waals surface area (Å²) in [5.74, 6) is -0.0406. The van der Waals surface area contributed by atoms with Gasteiger partial charge in [0.05, 0.1) is 12.2 Å². The predicted molar refractivity (Wildman–Crippen MR) is 107 cm³/mol. The molecule has 0 N–H and O–H groups in total. The van der Waals surface area contributed by atoms with Gasteiger partial charge in [-0.15, -0.1) is 13.2 Å². The molecule has 154 valence electrons. The Kier molecular flexibility index (Phi) is 4.64. The molecule has 0 fully saturated rings. The van der Waals surface area contributed by atoms with Crippen LogP contribution in [0.25, 0.3) is 17.3 Å². The number of hydrogen-bond acceptors (Lipinski definition) is 3. The van der Waals surface area contributed by atoms with Crippen LogP contribution in [-0.2, 0) is 13.6 Å². The van der Waals surface area contributed by atoms with Crippen LogP contribution in [0.5, 0.6) is 5.75 Å². The number of alkyl halides is 3. The summed E-state index contributed by atoms with van der Waals surface area (Å²) in [5, 5.41) is 4.57. The quantitative estimate of drug-likeness (QED) is 0.598. The first kappa shape index (κ1) is 19.8. The van der Waals surface area contributed by atoms with Crippen molar-refractivity contribution in [2.45, 2.75) is 19.8 Å². The van der Waals surface area contributed by atoms with Crippen LogP contribution in [0.15, 0.2) is 49.0 Å². The SMILES string of the molecule is C=Cc1ccc(-c2nn(C)c(N3Cc4cc(OC(F)(F)F)ccc4C3=O)c2C)cc1. The van der Waals surface area contributed by atoms with Crippen molar-refractivity contribution in [2.75, 3.05) is 4.90 Å². The zero-order chi connectivity index (χ0) is 21.6. The molecule has 1 amide bonds. The van der Waals surface area contributed by atoms with Crippen LogP contribution in [0, 0.1) is 6.92 Å². The Morgan fingerprint density at radius 3 is 2.50 bits per heavy atom. The van der Waals surface area contributed by atoms with Gasteiger partial charge in [0.15, 0.2) is 0 Å². The molecule has 4 rings (SSSR count). The lowest BCUT2D eigenvalue weighted by Gasteiger charge is -2.17. The molecule has 1 aliphatic heterocycles. The Labute approximate surface area is 171 Å². The molecule has 8 heteroatoms. The predicted octanol–water partition coefficient (Wildman–Crippen LogP) is 5.10. The van der Waals surface area contributed by atoms with E-state index in [1.807, 2.05) is 31.2 Å². The maximum Gasteiger partial charge on any atom is 0.573 e. The van der Waals surface area contributed by atoms with E-state index in [9.17, 15) is 18.0 Å². The standard InChI is InChI=1S/C22H18F3N3O2/c1-4-14-5-7-15(8-6-14)19-13(2)20(27(3)26-19)28-12-16-11-17(30-22(23,24)25)9-10-18(16)21(28)29/h4-11H,1,12H2,2-3H3. The van der Waals surface area contributed by atoms with Gasteiger partial charge in [0.25, 0.3) is 5.91 Å². The average molecular weight is 413 g/mol. The molecule has 0 saturated heterocycles. The lowest BCUT2D eigenvalue weighted by atomic mass is 10.1. The molecule has 1 aliphatic rings. The summed E-state index contributed by atoms with van der Waals surface area (Å²) in [6.07, 6.45) is -3.04. The largest absolute Gasteiger partial charge is 0.573 e. The first-order chi connectivity index (χ1) is 14.2. The van der Waals surface area contributed by atoms with Crippen molar-refractivity contribution in [1.82, 2.24) is 9.78 Å². The van der Waals surface area contributed by atoms with Crippen molar-refractivity contribution >= 4 is 17.8 Å². The fourth-order valence-electron chi connectivity index (χ4n) is 3.71. The van der Waals surface area contributed by atoms with Gasteiger partial charge in [-0.25, -0.2) is 0 Å². The fourth-order valence-corrected chi connectivity index (χ4v) is 3.71. The van der Waals surface area contributed by atoms with Gasteiger partial charge in [-0.3, -0.25) is 14.4 Å². The molecule has 1 aromatic heterocycles. The van der Waals surface area contributed by atoms with Crippen LogP contribution < -0.4 is 9.64 Å². The second-order valence-electron chi connectivity index (χ2n) is 7.01. The normalized spacial score (nSPS) is 13.5.